The number of carbonyl (C=O) groups is 3. The van der Waals surface area contributed by atoms with Gasteiger partial charge >= 0.3 is 11.9 Å². The number of hydrogen-bond donors (Lipinski definition) is 1. The fraction of sp³-hybridized carbons (Fsp3) is 0.286. The summed E-state index contributed by atoms with van der Waals surface area (Å²) in [5, 5.41) is 2.52. The van der Waals surface area contributed by atoms with Crippen molar-refractivity contribution in [1.29, 1.82) is 0 Å². The highest BCUT2D eigenvalue weighted by molar-refractivity contribution is 5.96. The molecule has 154 valence electrons. The molecule has 29 heavy (non-hydrogen) atoms. The highest BCUT2D eigenvalue weighted by atomic mass is 19.1. The number of halogens is 1. The van der Waals surface area contributed by atoms with Crippen LogP contribution in [0.3, 0.4) is 0 Å². The van der Waals surface area contributed by atoms with Crippen molar-refractivity contribution in [2.45, 2.75) is 19.8 Å². The van der Waals surface area contributed by atoms with Crippen molar-refractivity contribution < 1.29 is 33.0 Å². The molecule has 1 N–H and O–H groups in total. The number of amides is 1. The smallest absolute Gasteiger partial charge is 0.341 e. The molecule has 1 amide bonds. The molecule has 0 aliphatic heterocycles. The lowest BCUT2D eigenvalue weighted by Crippen LogP contribution is -2.21. The predicted octanol–water partition coefficient (Wildman–Crippen LogP) is 3.59. The van der Waals surface area contributed by atoms with E-state index in [9.17, 15) is 18.8 Å². The van der Waals surface area contributed by atoms with E-state index in [0.717, 1.165) is 18.9 Å². The second-order valence-electron chi connectivity index (χ2n) is 6.04. The van der Waals surface area contributed by atoms with E-state index in [1.807, 2.05) is 6.92 Å². The van der Waals surface area contributed by atoms with E-state index >= 15 is 0 Å². The first-order valence-electron chi connectivity index (χ1n) is 9.02. The van der Waals surface area contributed by atoms with E-state index in [0.29, 0.717) is 17.9 Å². The van der Waals surface area contributed by atoms with Crippen LogP contribution in [0.4, 0.5) is 10.1 Å². The third kappa shape index (κ3) is 6.60. The molecular formula is C21H22FNO6. The van der Waals surface area contributed by atoms with Gasteiger partial charge in [0, 0.05) is 11.8 Å². The summed E-state index contributed by atoms with van der Waals surface area (Å²) >= 11 is 0. The average molecular weight is 403 g/mol. The lowest BCUT2D eigenvalue weighted by molar-refractivity contribution is -0.119. The van der Waals surface area contributed by atoms with Gasteiger partial charge in [0.15, 0.2) is 6.61 Å². The van der Waals surface area contributed by atoms with Crippen LogP contribution >= 0.6 is 0 Å². The minimum Gasteiger partial charge on any atom is -0.497 e. The standard InChI is InChI=1S/C21H22FNO6/c1-3-4-11-28-20(25)14-5-7-15(8-6-14)23-19(24)13-29-21(26)17-10-9-16(27-2)12-18(17)22/h5-10,12H,3-4,11,13H2,1-2H3,(H,23,24). The Labute approximate surface area is 167 Å². The molecule has 0 atom stereocenters. The van der Waals surface area contributed by atoms with Crippen LogP contribution in [0.15, 0.2) is 42.5 Å². The molecule has 0 bridgehead atoms. The Morgan fingerprint density at radius 3 is 2.34 bits per heavy atom. The van der Waals surface area contributed by atoms with Crippen molar-refractivity contribution in [1.82, 2.24) is 0 Å². The van der Waals surface area contributed by atoms with Crippen molar-refractivity contribution >= 4 is 23.5 Å². The first kappa shape index (κ1) is 21.9. The van der Waals surface area contributed by atoms with Crippen molar-refractivity contribution in [2.24, 2.45) is 0 Å². The summed E-state index contributed by atoms with van der Waals surface area (Å²) in [7, 11) is 1.37. The van der Waals surface area contributed by atoms with Gasteiger partial charge < -0.3 is 19.5 Å². The van der Waals surface area contributed by atoms with Gasteiger partial charge in [0.25, 0.3) is 5.91 Å². The van der Waals surface area contributed by atoms with Crippen molar-refractivity contribution in [2.75, 3.05) is 25.6 Å². The van der Waals surface area contributed by atoms with Gasteiger partial charge in [-0.2, -0.15) is 0 Å². The van der Waals surface area contributed by atoms with Crippen LogP contribution in [0, 0.1) is 5.82 Å². The van der Waals surface area contributed by atoms with Crippen molar-refractivity contribution in [3.05, 3.63) is 59.4 Å². The zero-order chi connectivity index (χ0) is 21.2. The third-order valence-corrected chi connectivity index (χ3v) is 3.87. The van der Waals surface area contributed by atoms with E-state index in [4.69, 9.17) is 14.2 Å². The van der Waals surface area contributed by atoms with Gasteiger partial charge in [0.2, 0.25) is 0 Å². The fourth-order valence-electron chi connectivity index (χ4n) is 2.28. The van der Waals surface area contributed by atoms with Crippen LogP contribution in [0.5, 0.6) is 5.75 Å². The second-order valence-corrected chi connectivity index (χ2v) is 6.04. The van der Waals surface area contributed by atoms with Gasteiger partial charge in [-0.1, -0.05) is 13.3 Å². The number of ether oxygens (including phenoxy) is 3. The van der Waals surface area contributed by atoms with Gasteiger partial charge in [0.05, 0.1) is 24.8 Å². The van der Waals surface area contributed by atoms with E-state index in [1.54, 1.807) is 0 Å². The zero-order valence-electron chi connectivity index (χ0n) is 16.2. The van der Waals surface area contributed by atoms with Crippen LogP contribution in [-0.2, 0) is 14.3 Å². The van der Waals surface area contributed by atoms with Crippen LogP contribution in [0.25, 0.3) is 0 Å². The van der Waals surface area contributed by atoms with Crippen LogP contribution in [0.2, 0.25) is 0 Å². The maximum atomic E-state index is 13.8. The molecule has 2 rings (SSSR count). The number of benzene rings is 2. The maximum Gasteiger partial charge on any atom is 0.341 e. The Bertz CT molecular complexity index is 866. The Morgan fingerprint density at radius 1 is 1.00 bits per heavy atom. The van der Waals surface area contributed by atoms with Crippen LogP contribution in [0.1, 0.15) is 40.5 Å². The molecule has 0 spiro atoms. The molecule has 2 aromatic rings. The fourth-order valence-corrected chi connectivity index (χ4v) is 2.28. The highest BCUT2D eigenvalue weighted by Crippen LogP contribution is 2.17. The number of rotatable bonds is 9. The molecule has 0 heterocycles. The van der Waals surface area contributed by atoms with Gasteiger partial charge in [-0.05, 0) is 42.8 Å². The number of methoxy groups -OCH3 is 1. The lowest BCUT2D eigenvalue weighted by atomic mass is 10.2. The van der Waals surface area contributed by atoms with E-state index in [2.05, 4.69) is 5.32 Å². The number of hydrogen-bond acceptors (Lipinski definition) is 6. The molecule has 0 saturated heterocycles. The summed E-state index contributed by atoms with van der Waals surface area (Å²) in [5.74, 6) is -2.56. The summed E-state index contributed by atoms with van der Waals surface area (Å²) in [6.07, 6.45) is 1.72. The van der Waals surface area contributed by atoms with E-state index in [1.165, 1.54) is 43.5 Å². The molecule has 8 heteroatoms. The van der Waals surface area contributed by atoms with E-state index in [-0.39, 0.29) is 11.3 Å². The van der Waals surface area contributed by atoms with Gasteiger partial charge in [-0.25, -0.2) is 14.0 Å². The minimum absolute atomic E-state index is 0.259. The molecule has 0 radical (unpaired) electrons. The average Bonchev–Trinajstić information content (AvgIpc) is 2.72. The normalized spacial score (nSPS) is 10.2. The highest BCUT2D eigenvalue weighted by Gasteiger charge is 2.16. The Balaban J connectivity index is 1.84. The largest absolute Gasteiger partial charge is 0.497 e. The molecule has 0 aromatic heterocycles. The molecule has 0 saturated carbocycles. The molecule has 0 fully saturated rings. The van der Waals surface area contributed by atoms with Gasteiger partial charge in [0.1, 0.15) is 11.6 Å². The molecule has 2 aromatic carbocycles. The minimum atomic E-state index is -0.967. The Hall–Kier alpha value is -3.42. The molecule has 0 aliphatic rings. The number of esters is 2. The molecular weight excluding hydrogens is 381 g/mol. The number of anilines is 1. The molecule has 0 aliphatic carbocycles. The maximum absolute atomic E-state index is 13.8. The third-order valence-electron chi connectivity index (χ3n) is 3.87. The van der Waals surface area contributed by atoms with E-state index < -0.39 is 30.3 Å². The number of nitrogens with one attached hydrogen (secondary N) is 1. The predicted molar refractivity (Wildman–Crippen MR) is 103 cm³/mol. The number of unbranched alkanes of at least 4 members (excludes halogenated alkanes) is 1. The lowest BCUT2D eigenvalue weighted by Gasteiger charge is -2.09. The first-order chi connectivity index (χ1) is 13.9. The van der Waals surface area contributed by atoms with Crippen LogP contribution < -0.4 is 10.1 Å². The van der Waals surface area contributed by atoms with Gasteiger partial charge in [-0.15, -0.1) is 0 Å². The second kappa shape index (κ2) is 10.8. The molecule has 0 unspecified atom stereocenters. The summed E-state index contributed by atoms with van der Waals surface area (Å²) in [6.45, 7) is 1.76. The first-order valence-corrected chi connectivity index (χ1v) is 9.02. The van der Waals surface area contributed by atoms with Crippen molar-refractivity contribution in [3.8, 4) is 5.75 Å². The van der Waals surface area contributed by atoms with Crippen LogP contribution in [-0.4, -0.2) is 38.2 Å². The SMILES string of the molecule is CCCCOC(=O)c1ccc(NC(=O)COC(=O)c2ccc(OC)cc2F)cc1. The topological polar surface area (TPSA) is 90.9 Å². The summed E-state index contributed by atoms with van der Waals surface area (Å²) in [4.78, 5) is 35.7. The summed E-state index contributed by atoms with van der Waals surface area (Å²) < 4.78 is 28.6. The van der Waals surface area contributed by atoms with Gasteiger partial charge in [-0.3, -0.25) is 4.79 Å². The number of carbonyl (C=O) groups excluding carboxylic acids is 3. The summed E-state index contributed by atoms with van der Waals surface area (Å²) in [5.41, 5.74) is 0.469. The van der Waals surface area contributed by atoms with Crippen molar-refractivity contribution in [3.63, 3.8) is 0 Å². The Morgan fingerprint density at radius 2 is 1.72 bits per heavy atom. The zero-order valence-corrected chi connectivity index (χ0v) is 16.2. The summed E-state index contributed by atoms with van der Waals surface area (Å²) in [6, 6.07) is 9.76. The molecule has 7 nitrogen and oxygen atoms in total. The Kier molecular flexibility index (Phi) is 8.14. The quantitative estimate of drug-likeness (QED) is 0.508. The monoisotopic (exact) mass is 403 g/mol.